The van der Waals surface area contributed by atoms with Gasteiger partial charge >= 0.3 is 6.01 Å². The molecule has 0 aliphatic heterocycles. The molecule has 14 heavy (non-hydrogen) atoms. The number of hydrogen-bond donors (Lipinski definition) is 3. The zero-order chi connectivity index (χ0) is 9.97. The van der Waals surface area contributed by atoms with Crippen molar-refractivity contribution >= 4 is 0 Å². The van der Waals surface area contributed by atoms with E-state index in [1.807, 2.05) is 0 Å². The van der Waals surface area contributed by atoms with Gasteiger partial charge < -0.3 is 14.9 Å². The number of ether oxygens (including phenoxy) is 1. The fraction of sp³-hybridized carbons (Fsp3) is 0. The van der Waals surface area contributed by atoms with Crippen LogP contribution < -0.4 is 4.74 Å². The molecule has 72 valence electrons. The number of H-pyrrole nitrogens is 1. The predicted octanol–water partition coefficient (Wildman–Crippen LogP) is 0.403. The van der Waals surface area contributed by atoms with Crippen LogP contribution in [0.4, 0.5) is 0 Å². The summed E-state index contributed by atoms with van der Waals surface area (Å²) in [4.78, 5) is 0. The van der Waals surface area contributed by atoms with Gasteiger partial charge in [0.15, 0.2) is 11.5 Å². The minimum absolute atomic E-state index is 0.0332. The molecule has 0 unspecified atom stereocenters. The highest BCUT2D eigenvalue weighted by atomic mass is 16.5. The van der Waals surface area contributed by atoms with Gasteiger partial charge in [0.1, 0.15) is 0 Å². The van der Waals surface area contributed by atoms with E-state index in [9.17, 15) is 5.11 Å². The van der Waals surface area contributed by atoms with Crippen LogP contribution in [0.25, 0.3) is 0 Å². The first-order valence-electron chi connectivity index (χ1n) is 3.70. The van der Waals surface area contributed by atoms with Gasteiger partial charge in [-0.2, -0.15) is 0 Å². The largest absolute Gasteiger partial charge is 0.504 e. The van der Waals surface area contributed by atoms with Gasteiger partial charge in [-0.05, 0) is 22.6 Å². The number of para-hydroxylation sites is 1. The monoisotopic (exact) mass is 194 g/mol. The molecule has 7 heteroatoms. The summed E-state index contributed by atoms with van der Waals surface area (Å²) in [5.74, 6) is -0.553. The molecule has 7 nitrogen and oxygen atoms in total. The molecule has 1 aromatic carbocycles. The van der Waals surface area contributed by atoms with E-state index in [2.05, 4.69) is 20.6 Å². The van der Waals surface area contributed by atoms with Crippen LogP contribution in [0.1, 0.15) is 0 Å². The zero-order valence-electron chi connectivity index (χ0n) is 6.88. The quantitative estimate of drug-likeness (QED) is 0.598. The summed E-state index contributed by atoms with van der Waals surface area (Å²) in [7, 11) is 0. The van der Waals surface area contributed by atoms with Crippen molar-refractivity contribution in [1.82, 2.24) is 20.6 Å². The van der Waals surface area contributed by atoms with E-state index >= 15 is 0 Å². The number of rotatable bonds is 2. The molecule has 0 bridgehead atoms. The van der Waals surface area contributed by atoms with E-state index in [0.717, 1.165) is 0 Å². The number of aromatic amines is 1. The lowest BCUT2D eigenvalue weighted by Gasteiger charge is -2.03. The lowest BCUT2D eigenvalue weighted by Crippen LogP contribution is -1.86. The van der Waals surface area contributed by atoms with E-state index in [1.54, 1.807) is 0 Å². The molecule has 0 radical (unpaired) electrons. The number of hydrogen-bond acceptors (Lipinski definition) is 6. The summed E-state index contributed by atoms with van der Waals surface area (Å²) < 4.78 is 5.03. The van der Waals surface area contributed by atoms with Crippen molar-refractivity contribution in [2.45, 2.75) is 0 Å². The molecule has 0 amide bonds. The molecule has 2 rings (SSSR count). The van der Waals surface area contributed by atoms with Gasteiger partial charge in [0.2, 0.25) is 5.75 Å². The second-order valence-corrected chi connectivity index (χ2v) is 2.43. The van der Waals surface area contributed by atoms with Gasteiger partial charge in [0.05, 0.1) is 0 Å². The molecule has 2 aromatic rings. The Bertz CT molecular complexity index is 429. The first-order chi connectivity index (χ1) is 6.77. The highest BCUT2D eigenvalue weighted by Gasteiger charge is 2.09. The smallest absolute Gasteiger partial charge is 0.338 e. The maximum absolute atomic E-state index is 9.34. The summed E-state index contributed by atoms with van der Waals surface area (Å²) in [5.41, 5.74) is 0. The van der Waals surface area contributed by atoms with Gasteiger partial charge in [0.25, 0.3) is 0 Å². The Labute approximate surface area is 78.0 Å². The molecule has 0 spiro atoms. The van der Waals surface area contributed by atoms with Crippen LogP contribution in [-0.2, 0) is 0 Å². The van der Waals surface area contributed by atoms with Crippen LogP contribution in [0.5, 0.6) is 23.3 Å². The van der Waals surface area contributed by atoms with E-state index in [4.69, 9.17) is 9.84 Å². The van der Waals surface area contributed by atoms with E-state index in [-0.39, 0.29) is 23.3 Å². The second-order valence-electron chi connectivity index (χ2n) is 2.43. The summed E-state index contributed by atoms with van der Waals surface area (Å²) in [6.45, 7) is 0. The topological polar surface area (TPSA) is 104 Å². The minimum Gasteiger partial charge on any atom is -0.504 e. The lowest BCUT2D eigenvalue weighted by molar-refractivity contribution is 0.363. The molecule has 0 aliphatic carbocycles. The third-order valence-electron chi connectivity index (χ3n) is 1.51. The molecule has 0 aliphatic rings. The van der Waals surface area contributed by atoms with E-state index in [1.165, 1.54) is 18.2 Å². The number of phenolic OH excluding ortho intramolecular Hbond substituents is 2. The third-order valence-corrected chi connectivity index (χ3v) is 1.51. The molecule has 1 heterocycles. The van der Waals surface area contributed by atoms with E-state index in [0.29, 0.717) is 0 Å². The number of phenols is 2. The molecule has 0 saturated heterocycles. The Morgan fingerprint density at radius 3 is 2.86 bits per heavy atom. The van der Waals surface area contributed by atoms with Crippen molar-refractivity contribution in [2.75, 3.05) is 0 Å². The Hall–Kier alpha value is -2.31. The van der Waals surface area contributed by atoms with Crippen molar-refractivity contribution in [3.63, 3.8) is 0 Å². The number of aromatic nitrogens is 4. The van der Waals surface area contributed by atoms with Crippen LogP contribution in [0.3, 0.4) is 0 Å². The summed E-state index contributed by atoms with van der Waals surface area (Å²) in [6, 6.07) is 4.36. The number of tetrazole rings is 1. The second kappa shape index (κ2) is 3.21. The zero-order valence-corrected chi connectivity index (χ0v) is 6.88. The summed E-state index contributed by atoms with van der Waals surface area (Å²) in [6.07, 6.45) is 0. The average molecular weight is 194 g/mol. The molecule has 0 fully saturated rings. The maximum atomic E-state index is 9.34. The minimum atomic E-state index is -0.357. The number of benzene rings is 1. The molecule has 1 aromatic heterocycles. The first kappa shape index (κ1) is 8.30. The Morgan fingerprint density at radius 2 is 2.14 bits per heavy atom. The van der Waals surface area contributed by atoms with Crippen LogP contribution in [0.15, 0.2) is 18.2 Å². The van der Waals surface area contributed by atoms with Crippen molar-refractivity contribution in [3.8, 4) is 23.3 Å². The van der Waals surface area contributed by atoms with Gasteiger partial charge in [-0.1, -0.05) is 11.2 Å². The lowest BCUT2D eigenvalue weighted by atomic mass is 10.3. The Kier molecular flexibility index (Phi) is 1.90. The van der Waals surface area contributed by atoms with Crippen molar-refractivity contribution in [3.05, 3.63) is 18.2 Å². The van der Waals surface area contributed by atoms with Gasteiger partial charge in [-0.3, -0.25) is 0 Å². The molecular formula is C7H6N4O3. The van der Waals surface area contributed by atoms with Crippen LogP contribution >= 0.6 is 0 Å². The highest BCUT2D eigenvalue weighted by Crippen LogP contribution is 2.36. The molecule has 0 saturated carbocycles. The fourth-order valence-electron chi connectivity index (χ4n) is 0.891. The maximum Gasteiger partial charge on any atom is 0.338 e. The predicted molar refractivity (Wildman–Crippen MR) is 44.0 cm³/mol. The van der Waals surface area contributed by atoms with Crippen molar-refractivity contribution in [2.24, 2.45) is 0 Å². The van der Waals surface area contributed by atoms with Gasteiger partial charge in [-0.25, -0.2) is 5.10 Å². The van der Waals surface area contributed by atoms with Gasteiger partial charge in [0, 0.05) is 0 Å². The SMILES string of the molecule is Oc1cccc(Oc2nnn[nH]2)c1O. The normalized spacial score (nSPS) is 10.0. The van der Waals surface area contributed by atoms with Crippen molar-refractivity contribution in [1.29, 1.82) is 0 Å². The molecule has 0 atom stereocenters. The standard InChI is InChI=1S/C7H6N4O3/c12-4-2-1-3-5(6(4)13)14-7-8-10-11-9-7/h1-3,12-13H,(H,8,9,10,11). The summed E-state index contributed by atoms with van der Waals surface area (Å²) >= 11 is 0. The highest BCUT2D eigenvalue weighted by molar-refractivity contribution is 5.49. The molecular weight excluding hydrogens is 188 g/mol. The van der Waals surface area contributed by atoms with Crippen LogP contribution in [-0.4, -0.2) is 30.8 Å². The molecule has 3 N–H and O–H groups in total. The third kappa shape index (κ3) is 1.42. The van der Waals surface area contributed by atoms with Crippen molar-refractivity contribution < 1.29 is 14.9 Å². The fourth-order valence-corrected chi connectivity index (χ4v) is 0.891. The average Bonchev–Trinajstić information content (AvgIpc) is 2.66. The van der Waals surface area contributed by atoms with Crippen LogP contribution in [0.2, 0.25) is 0 Å². The van der Waals surface area contributed by atoms with E-state index < -0.39 is 0 Å². The summed E-state index contributed by atoms with van der Waals surface area (Å²) in [5, 5.41) is 30.8. The number of nitrogens with zero attached hydrogens (tertiary/aromatic N) is 3. The Balaban J connectivity index is 2.29. The van der Waals surface area contributed by atoms with Gasteiger partial charge in [-0.15, -0.1) is 0 Å². The van der Waals surface area contributed by atoms with Crippen LogP contribution in [0, 0.1) is 0 Å². The number of aromatic hydroxyl groups is 2. The first-order valence-corrected chi connectivity index (χ1v) is 3.70. The Morgan fingerprint density at radius 1 is 1.29 bits per heavy atom. The number of nitrogens with one attached hydrogen (secondary N) is 1.